The highest BCUT2D eigenvalue weighted by Gasteiger charge is 2.22. The van der Waals surface area contributed by atoms with Crippen molar-refractivity contribution in [2.75, 3.05) is 11.9 Å². The number of hydrogen-bond acceptors (Lipinski definition) is 3. The predicted octanol–water partition coefficient (Wildman–Crippen LogP) is 4.53. The molecule has 0 amide bonds. The summed E-state index contributed by atoms with van der Waals surface area (Å²) in [4.78, 5) is 4.40. The van der Waals surface area contributed by atoms with E-state index in [1.54, 1.807) is 17.4 Å². The minimum atomic E-state index is -0.234. The minimum Gasteiger partial charge on any atom is -0.361 e. The van der Waals surface area contributed by atoms with Crippen LogP contribution in [0.5, 0.6) is 0 Å². The lowest BCUT2D eigenvalue weighted by Crippen LogP contribution is -2.28. The van der Waals surface area contributed by atoms with E-state index in [4.69, 9.17) is 0 Å². The van der Waals surface area contributed by atoms with Gasteiger partial charge in [-0.15, -0.1) is 0 Å². The molecule has 0 fully saturated rings. The van der Waals surface area contributed by atoms with Crippen molar-refractivity contribution < 1.29 is 4.39 Å². The largest absolute Gasteiger partial charge is 0.361 e. The Bertz CT molecular complexity index is 546. The summed E-state index contributed by atoms with van der Waals surface area (Å²) in [5.74, 6) is 0.360. The van der Waals surface area contributed by atoms with Crippen molar-refractivity contribution in [3.05, 3.63) is 24.0 Å². The summed E-state index contributed by atoms with van der Waals surface area (Å²) in [6.45, 7) is 9.77. The maximum absolute atomic E-state index is 13.1. The molecule has 0 unspecified atom stereocenters. The molecule has 0 aliphatic carbocycles. The van der Waals surface area contributed by atoms with Crippen molar-refractivity contribution in [2.45, 2.75) is 27.7 Å². The number of aromatic nitrogens is 1. The van der Waals surface area contributed by atoms with Crippen molar-refractivity contribution in [2.24, 2.45) is 11.3 Å². The van der Waals surface area contributed by atoms with E-state index in [1.165, 1.54) is 12.1 Å². The molecule has 18 heavy (non-hydrogen) atoms. The Morgan fingerprint density at radius 1 is 1.39 bits per heavy atom. The molecule has 0 aliphatic rings. The topological polar surface area (TPSA) is 24.9 Å². The fourth-order valence-electron chi connectivity index (χ4n) is 1.48. The molecule has 1 aromatic carbocycles. The number of fused-ring (bicyclic) bond motifs is 1. The number of hydrogen-bond donors (Lipinski definition) is 1. The third kappa shape index (κ3) is 2.80. The zero-order chi connectivity index (χ0) is 13.3. The van der Waals surface area contributed by atoms with Crippen molar-refractivity contribution in [3.8, 4) is 0 Å². The van der Waals surface area contributed by atoms with E-state index in [-0.39, 0.29) is 11.2 Å². The Morgan fingerprint density at radius 3 is 2.78 bits per heavy atom. The van der Waals surface area contributed by atoms with Gasteiger partial charge in [-0.25, -0.2) is 9.37 Å². The standard InChI is InChI=1S/C14H19FN2S/c1-9(2)14(3,4)8-16-13-17-11-7-10(15)5-6-12(11)18-13/h5-7,9H,8H2,1-4H3,(H,16,17). The molecule has 2 nitrogen and oxygen atoms in total. The first-order valence-corrected chi connectivity index (χ1v) is 7.00. The fourth-order valence-corrected chi connectivity index (χ4v) is 2.33. The van der Waals surface area contributed by atoms with Crippen LogP contribution in [0.4, 0.5) is 9.52 Å². The van der Waals surface area contributed by atoms with Gasteiger partial charge in [-0.2, -0.15) is 0 Å². The molecular formula is C14H19FN2S. The molecular weight excluding hydrogens is 247 g/mol. The molecule has 0 spiro atoms. The number of benzene rings is 1. The highest BCUT2D eigenvalue weighted by molar-refractivity contribution is 7.22. The first-order valence-electron chi connectivity index (χ1n) is 6.18. The van der Waals surface area contributed by atoms with E-state index in [1.807, 2.05) is 0 Å². The highest BCUT2D eigenvalue weighted by Crippen LogP contribution is 2.30. The summed E-state index contributed by atoms with van der Waals surface area (Å²) >= 11 is 1.57. The fraction of sp³-hybridized carbons (Fsp3) is 0.500. The van der Waals surface area contributed by atoms with E-state index in [0.717, 1.165) is 21.9 Å². The van der Waals surface area contributed by atoms with Crippen LogP contribution in [0.25, 0.3) is 10.2 Å². The average Bonchev–Trinajstić information content (AvgIpc) is 2.68. The van der Waals surface area contributed by atoms with E-state index in [0.29, 0.717) is 5.92 Å². The minimum absolute atomic E-state index is 0.211. The highest BCUT2D eigenvalue weighted by atomic mass is 32.1. The van der Waals surface area contributed by atoms with Gasteiger partial charge in [0.15, 0.2) is 5.13 Å². The Balaban J connectivity index is 2.13. The van der Waals surface area contributed by atoms with Crippen molar-refractivity contribution in [3.63, 3.8) is 0 Å². The van der Waals surface area contributed by atoms with Gasteiger partial charge in [0, 0.05) is 12.6 Å². The molecule has 2 aromatic rings. The molecule has 0 aliphatic heterocycles. The van der Waals surface area contributed by atoms with Crippen LogP contribution in [0, 0.1) is 17.2 Å². The molecule has 0 atom stereocenters. The van der Waals surface area contributed by atoms with Gasteiger partial charge < -0.3 is 5.32 Å². The molecule has 0 bridgehead atoms. The van der Waals surface area contributed by atoms with Crippen LogP contribution >= 0.6 is 11.3 Å². The van der Waals surface area contributed by atoms with Gasteiger partial charge >= 0.3 is 0 Å². The van der Waals surface area contributed by atoms with Gasteiger partial charge in [0.25, 0.3) is 0 Å². The molecule has 98 valence electrons. The molecule has 2 rings (SSSR count). The van der Waals surface area contributed by atoms with Gasteiger partial charge in [-0.1, -0.05) is 39.0 Å². The van der Waals surface area contributed by atoms with E-state index in [2.05, 4.69) is 38.0 Å². The first kappa shape index (κ1) is 13.3. The van der Waals surface area contributed by atoms with Gasteiger partial charge in [-0.05, 0) is 23.5 Å². The molecule has 1 heterocycles. The molecule has 4 heteroatoms. The number of anilines is 1. The van der Waals surface area contributed by atoms with Crippen molar-refractivity contribution in [1.82, 2.24) is 4.98 Å². The van der Waals surface area contributed by atoms with Gasteiger partial charge in [0.2, 0.25) is 0 Å². The molecule has 0 radical (unpaired) electrons. The Morgan fingerprint density at radius 2 is 2.11 bits per heavy atom. The second kappa shape index (κ2) is 4.84. The van der Waals surface area contributed by atoms with Crippen LogP contribution in [0.3, 0.4) is 0 Å². The summed E-state index contributed by atoms with van der Waals surface area (Å²) in [5.41, 5.74) is 0.938. The maximum atomic E-state index is 13.1. The monoisotopic (exact) mass is 266 g/mol. The lowest BCUT2D eigenvalue weighted by atomic mass is 9.81. The van der Waals surface area contributed by atoms with Crippen LogP contribution in [0.2, 0.25) is 0 Å². The zero-order valence-corrected chi connectivity index (χ0v) is 12.1. The van der Waals surface area contributed by atoms with E-state index in [9.17, 15) is 4.39 Å². The number of rotatable bonds is 4. The smallest absolute Gasteiger partial charge is 0.183 e. The second-order valence-corrected chi connectivity index (χ2v) is 6.66. The third-order valence-electron chi connectivity index (χ3n) is 3.61. The number of nitrogens with zero attached hydrogens (tertiary/aromatic N) is 1. The molecule has 0 saturated heterocycles. The van der Waals surface area contributed by atoms with Crippen LogP contribution in [0.1, 0.15) is 27.7 Å². The normalized spacial score (nSPS) is 12.3. The van der Waals surface area contributed by atoms with Gasteiger partial charge in [0.1, 0.15) is 5.82 Å². The summed E-state index contributed by atoms with van der Waals surface area (Å²) in [6, 6.07) is 4.73. The van der Waals surface area contributed by atoms with E-state index < -0.39 is 0 Å². The molecule has 1 N–H and O–H groups in total. The third-order valence-corrected chi connectivity index (χ3v) is 4.60. The second-order valence-electron chi connectivity index (χ2n) is 5.63. The van der Waals surface area contributed by atoms with Crippen molar-refractivity contribution in [1.29, 1.82) is 0 Å². The van der Waals surface area contributed by atoms with Crippen LogP contribution in [-0.2, 0) is 0 Å². The average molecular weight is 266 g/mol. The zero-order valence-electron chi connectivity index (χ0n) is 11.2. The Kier molecular flexibility index (Phi) is 3.57. The maximum Gasteiger partial charge on any atom is 0.183 e. The summed E-state index contributed by atoms with van der Waals surface area (Å²) in [6.07, 6.45) is 0. The van der Waals surface area contributed by atoms with Gasteiger partial charge in [0.05, 0.1) is 10.2 Å². The molecule has 1 aromatic heterocycles. The summed E-state index contributed by atoms with van der Waals surface area (Å²) < 4.78 is 14.1. The van der Waals surface area contributed by atoms with Crippen molar-refractivity contribution >= 4 is 26.7 Å². The van der Waals surface area contributed by atoms with Gasteiger partial charge in [-0.3, -0.25) is 0 Å². The number of thiazole rings is 1. The molecule has 0 saturated carbocycles. The van der Waals surface area contributed by atoms with E-state index >= 15 is 0 Å². The number of halogens is 1. The van der Waals surface area contributed by atoms with Crippen LogP contribution < -0.4 is 5.32 Å². The summed E-state index contributed by atoms with van der Waals surface area (Å²) in [5, 5.41) is 4.23. The SMILES string of the molecule is CC(C)C(C)(C)CNc1nc2cc(F)ccc2s1. The lowest BCUT2D eigenvalue weighted by molar-refractivity contribution is 0.269. The first-order chi connectivity index (χ1) is 8.38. The quantitative estimate of drug-likeness (QED) is 0.879. The summed E-state index contributed by atoms with van der Waals surface area (Å²) in [7, 11) is 0. The predicted molar refractivity (Wildman–Crippen MR) is 76.7 cm³/mol. The van der Waals surface area contributed by atoms with Crippen LogP contribution in [0.15, 0.2) is 18.2 Å². The Labute approximate surface area is 111 Å². The lowest BCUT2D eigenvalue weighted by Gasteiger charge is -2.29. The van der Waals surface area contributed by atoms with Crippen LogP contribution in [-0.4, -0.2) is 11.5 Å². The number of nitrogens with one attached hydrogen (secondary N) is 1. The Hall–Kier alpha value is -1.16.